The van der Waals surface area contributed by atoms with Crippen LogP contribution in [0.4, 0.5) is 0 Å². The lowest BCUT2D eigenvalue weighted by molar-refractivity contribution is 0.577. The van der Waals surface area contributed by atoms with Crippen molar-refractivity contribution in [3.05, 3.63) is 36.4 Å². The fourth-order valence-corrected chi connectivity index (χ4v) is 1.18. The van der Waals surface area contributed by atoms with Crippen molar-refractivity contribution in [3.63, 3.8) is 0 Å². The van der Waals surface area contributed by atoms with Gasteiger partial charge in [0, 0.05) is 24.5 Å². The van der Waals surface area contributed by atoms with Gasteiger partial charge in [-0.3, -0.25) is 0 Å². The average molecular weight is 189 g/mol. The standard InChI is InChI=1S/C10H11N3O/c1-11-5-8-6-12-10(13-7-8)9-3-2-4-14-9/h2-4,6-7,11H,5H2,1H3. The van der Waals surface area contributed by atoms with Crippen LogP contribution in [0.1, 0.15) is 5.56 Å². The number of nitrogens with zero attached hydrogens (tertiary/aromatic N) is 2. The Hall–Kier alpha value is -1.68. The summed E-state index contributed by atoms with van der Waals surface area (Å²) in [4.78, 5) is 8.39. The smallest absolute Gasteiger partial charge is 0.195 e. The molecule has 2 heterocycles. The van der Waals surface area contributed by atoms with E-state index in [2.05, 4.69) is 15.3 Å². The number of furan rings is 1. The average Bonchev–Trinajstić information content (AvgIpc) is 2.72. The Kier molecular flexibility index (Phi) is 2.55. The van der Waals surface area contributed by atoms with E-state index in [0.717, 1.165) is 12.1 Å². The van der Waals surface area contributed by atoms with E-state index in [0.29, 0.717) is 11.6 Å². The molecule has 0 saturated heterocycles. The third-order valence-corrected chi connectivity index (χ3v) is 1.83. The van der Waals surface area contributed by atoms with Crippen LogP contribution in [0.15, 0.2) is 35.2 Å². The second kappa shape index (κ2) is 4.02. The zero-order valence-electron chi connectivity index (χ0n) is 7.90. The molecule has 14 heavy (non-hydrogen) atoms. The Morgan fingerprint density at radius 2 is 2.14 bits per heavy atom. The SMILES string of the molecule is CNCc1cnc(-c2ccco2)nc1. The van der Waals surface area contributed by atoms with E-state index in [1.807, 2.05) is 19.2 Å². The third-order valence-electron chi connectivity index (χ3n) is 1.83. The summed E-state index contributed by atoms with van der Waals surface area (Å²) in [6, 6.07) is 3.66. The molecular weight excluding hydrogens is 178 g/mol. The van der Waals surface area contributed by atoms with Crippen molar-refractivity contribution in [2.45, 2.75) is 6.54 Å². The van der Waals surface area contributed by atoms with Crippen LogP contribution in [0, 0.1) is 0 Å². The molecule has 0 fully saturated rings. The van der Waals surface area contributed by atoms with Gasteiger partial charge in [0.1, 0.15) is 0 Å². The molecule has 0 atom stereocenters. The Balaban J connectivity index is 2.22. The van der Waals surface area contributed by atoms with Crippen LogP contribution in [-0.2, 0) is 6.54 Å². The van der Waals surface area contributed by atoms with Crippen LogP contribution in [0.2, 0.25) is 0 Å². The molecule has 0 amide bonds. The summed E-state index contributed by atoms with van der Waals surface area (Å²) in [5.41, 5.74) is 1.06. The van der Waals surface area contributed by atoms with Crippen molar-refractivity contribution < 1.29 is 4.42 Å². The van der Waals surface area contributed by atoms with Gasteiger partial charge in [0.2, 0.25) is 0 Å². The minimum absolute atomic E-state index is 0.620. The molecule has 0 radical (unpaired) electrons. The lowest BCUT2D eigenvalue weighted by Crippen LogP contribution is -2.05. The number of nitrogens with one attached hydrogen (secondary N) is 1. The molecule has 0 saturated carbocycles. The molecule has 2 rings (SSSR count). The van der Waals surface area contributed by atoms with Crippen LogP contribution >= 0.6 is 0 Å². The zero-order chi connectivity index (χ0) is 9.80. The van der Waals surface area contributed by atoms with Crippen molar-refractivity contribution >= 4 is 0 Å². The Morgan fingerprint density at radius 3 is 2.71 bits per heavy atom. The largest absolute Gasteiger partial charge is 0.461 e. The van der Waals surface area contributed by atoms with E-state index in [1.54, 1.807) is 18.7 Å². The van der Waals surface area contributed by atoms with Gasteiger partial charge in [-0.1, -0.05) is 0 Å². The highest BCUT2D eigenvalue weighted by molar-refractivity contribution is 5.45. The van der Waals surface area contributed by atoms with Gasteiger partial charge in [-0.25, -0.2) is 9.97 Å². The van der Waals surface area contributed by atoms with Crippen molar-refractivity contribution in [1.82, 2.24) is 15.3 Å². The van der Waals surface area contributed by atoms with Gasteiger partial charge in [0.15, 0.2) is 11.6 Å². The van der Waals surface area contributed by atoms with Gasteiger partial charge in [-0.05, 0) is 19.2 Å². The number of hydrogen-bond donors (Lipinski definition) is 1. The minimum Gasteiger partial charge on any atom is -0.461 e. The molecule has 0 spiro atoms. The summed E-state index contributed by atoms with van der Waals surface area (Å²) < 4.78 is 5.18. The Labute approximate surface area is 82.0 Å². The topological polar surface area (TPSA) is 51.0 Å². The van der Waals surface area contributed by atoms with E-state index >= 15 is 0 Å². The van der Waals surface area contributed by atoms with E-state index in [1.165, 1.54) is 0 Å². The van der Waals surface area contributed by atoms with Gasteiger partial charge >= 0.3 is 0 Å². The predicted molar refractivity (Wildman–Crippen MR) is 52.5 cm³/mol. The highest BCUT2D eigenvalue weighted by Crippen LogP contribution is 2.13. The quantitative estimate of drug-likeness (QED) is 0.794. The molecule has 0 unspecified atom stereocenters. The van der Waals surface area contributed by atoms with Crippen LogP contribution in [0.3, 0.4) is 0 Å². The predicted octanol–water partition coefficient (Wildman–Crippen LogP) is 1.46. The van der Waals surface area contributed by atoms with E-state index in [-0.39, 0.29) is 0 Å². The molecule has 2 aromatic heterocycles. The first kappa shape index (κ1) is 8.90. The van der Waals surface area contributed by atoms with Gasteiger partial charge < -0.3 is 9.73 Å². The monoisotopic (exact) mass is 189 g/mol. The molecule has 0 aromatic carbocycles. The molecule has 0 aliphatic heterocycles. The van der Waals surface area contributed by atoms with E-state index < -0.39 is 0 Å². The first-order valence-electron chi connectivity index (χ1n) is 4.39. The second-order valence-electron chi connectivity index (χ2n) is 2.92. The number of hydrogen-bond acceptors (Lipinski definition) is 4. The molecular formula is C10H11N3O. The maximum atomic E-state index is 5.18. The highest BCUT2D eigenvalue weighted by atomic mass is 16.3. The zero-order valence-corrected chi connectivity index (χ0v) is 7.90. The first-order chi connectivity index (χ1) is 6.90. The van der Waals surface area contributed by atoms with Crippen LogP contribution in [0.5, 0.6) is 0 Å². The fraction of sp³-hybridized carbons (Fsp3) is 0.200. The lowest BCUT2D eigenvalue weighted by atomic mass is 10.3. The van der Waals surface area contributed by atoms with Gasteiger partial charge in [-0.15, -0.1) is 0 Å². The highest BCUT2D eigenvalue weighted by Gasteiger charge is 2.02. The summed E-state index contributed by atoms with van der Waals surface area (Å²) in [5, 5.41) is 3.03. The molecule has 0 aliphatic carbocycles. The van der Waals surface area contributed by atoms with E-state index in [4.69, 9.17) is 4.42 Å². The minimum atomic E-state index is 0.620. The Morgan fingerprint density at radius 1 is 1.36 bits per heavy atom. The maximum Gasteiger partial charge on any atom is 0.195 e. The summed E-state index contributed by atoms with van der Waals surface area (Å²) in [5.74, 6) is 1.32. The fourth-order valence-electron chi connectivity index (χ4n) is 1.18. The summed E-state index contributed by atoms with van der Waals surface area (Å²) in [6.07, 6.45) is 5.20. The Bertz CT molecular complexity index is 380. The van der Waals surface area contributed by atoms with Crippen LogP contribution in [-0.4, -0.2) is 17.0 Å². The lowest BCUT2D eigenvalue weighted by Gasteiger charge is -1.99. The second-order valence-corrected chi connectivity index (χ2v) is 2.92. The van der Waals surface area contributed by atoms with Gasteiger partial charge in [0.25, 0.3) is 0 Å². The number of aromatic nitrogens is 2. The van der Waals surface area contributed by atoms with Crippen molar-refractivity contribution in [1.29, 1.82) is 0 Å². The van der Waals surface area contributed by atoms with Crippen LogP contribution < -0.4 is 5.32 Å². The number of rotatable bonds is 3. The molecule has 1 N–H and O–H groups in total. The van der Waals surface area contributed by atoms with Crippen molar-refractivity contribution in [2.75, 3.05) is 7.05 Å². The van der Waals surface area contributed by atoms with Crippen molar-refractivity contribution in [3.8, 4) is 11.6 Å². The maximum absolute atomic E-state index is 5.18. The molecule has 4 heteroatoms. The molecule has 4 nitrogen and oxygen atoms in total. The summed E-state index contributed by atoms with van der Waals surface area (Å²) in [7, 11) is 1.89. The summed E-state index contributed by atoms with van der Waals surface area (Å²) in [6.45, 7) is 0.776. The summed E-state index contributed by atoms with van der Waals surface area (Å²) >= 11 is 0. The van der Waals surface area contributed by atoms with Gasteiger partial charge in [-0.2, -0.15) is 0 Å². The molecule has 2 aromatic rings. The van der Waals surface area contributed by atoms with E-state index in [9.17, 15) is 0 Å². The molecule has 0 aliphatic rings. The first-order valence-corrected chi connectivity index (χ1v) is 4.39. The van der Waals surface area contributed by atoms with Gasteiger partial charge in [0.05, 0.1) is 6.26 Å². The normalized spacial score (nSPS) is 10.4. The molecule has 72 valence electrons. The van der Waals surface area contributed by atoms with Crippen LogP contribution in [0.25, 0.3) is 11.6 Å². The third kappa shape index (κ3) is 1.80. The van der Waals surface area contributed by atoms with Crippen molar-refractivity contribution in [2.24, 2.45) is 0 Å². The molecule has 0 bridgehead atoms.